The van der Waals surface area contributed by atoms with Gasteiger partial charge in [-0.3, -0.25) is 0 Å². The van der Waals surface area contributed by atoms with Crippen LogP contribution in [-0.2, 0) is 9.84 Å². The topological polar surface area (TPSA) is 75.3 Å². The number of amides is 2. The van der Waals surface area contributed by atoms with Crippen molar-refractivity contribution in [3.8, 4) is 0 Å². The van der Waals surface area contributed by atoms with Crippen LogP contribution in [0.3, 0.4) is 0 Å². The van der Waals surface area contributed by atoms with Crippen LogP contribution in [-0.4, -0.2) is 39.0 Å². The molecule has 1 aliphatic heterocycles. The Kier molecular flexibility index (Phi) is 5.38. The van der Waals surface area contributed by atoms with Crippen molar-refractivity contribution in [2.24, 2.45) is 5.92 Å². The summed E-state index contributed by atoms with van der Waals surface area (Å²) in [5.74, 6) is 0.461. The van der Waals surface area contributed by atoms with E-state index in [2.05, 4.69) is 10.6 Å². The monoisotopic (exact) mass is 308 g/mol. The molecule has 6 heteroatoms. The number of carbonyl (C=O) groups is 1. The molecule has 0 radical (unpaired) electrons. The van der Waals surface area contributed by atoms with E-state index in [0.29, 0.717) is 19.5 Å². The second kappa shape index (κ2) is 7.26. The summed E-state index contributed by atoms with van der Waals surface area (Å²) in [6, 6.07) is 9.56. The fraction of sp³-hybridized carbons (Fsp3) is 0.400. The molecule has 5 nitrogen and oxygen atoms in total. The molecule has 2 N–H and O–H groups in total. The van der Waals surface area contributed by atoms with Gasteiger partial charge in [-0.15, -0.1) is 0 Å². The Morgan fingerprint density at radius 3 is 2.67 bits per heavy atom. The Bertz CT molecular complexity index is 597. The van der Waals surface area contributed by atoms with Crippen LogP contribution in [0.15, 0.2) is 36.4 Å². The lowest BCUT2D eigenvalue weighted by Crippen LogP contribution is -2.38. The third-order valence-electron chi connectivity index (χ3n) is 3.37. The van der Waals surface area contributed by atoms with Gasteiger partial charge in [0.2, 0.25) is 0 Å². The summed E-state index contributed by atoms with van der Waals surface area (Å²) in [6.45, 7) is 0.844. The Balaban J connectivity index is 1.63. The third-order valence-corrected chi connectivity index (χ3v) is 5.21. The summed E-state index contributed by atoms with van der Waals surface area (Å²) in [5, 5.41) is 5.42. The lowest BCUT2D eigenvalue weighted by Gasteiger charge is -2.09. The molecule has 2 amide bonds. The van der Waals surface area contributed by atoms with Crippen molar-refractivity contribution >= 4 is 21.9 Å². The SMILES string of the molecule is O=C(NC/C=C/c1ccccc1)NC[C@@H]1CCS(=O)(=O)C1. The minimum atomic E-state index is -2.88. The molecule has 0 saturated carbocycles. The van der Waals surface area contributed by atoms with E-state index in [1.165, 1.54) is 0 Å². The minimum absolute atomic E-state index is 0.0422. The maximum Gasteiger partial charge on any atom is 0.315 e. The second-order valence-corrected chi connectivity index (χ2v) is 7.40. The summed E-state index contributed by atoms with van der Waals surface area (Å²) in [5.41, 5.74) is 1.08. The van der Waals surface area contributed by atoms with Gasteiger partial charge in [-0.1, -0.05) is 42.5 Å². The Morgan fingerprint density at radius 1 is 1.24 bits per heavy atom. The van der Waals surface area contributed by atoms with E-state index in [4.69, 9.17) is 0 Å². The molecular formula is C15H20N2O3S. The average Bonchev–Trinajstić information content (AvgIpc) is 2.82. The smallest absolute Gasteiger partial charge is 0.315 e. The van der Waals surface area contributed by atoms with Gasteiger partial charge in [0.15, 0.2) is 9.84 Å². The van der Waals surface area contributed by atoms with Gasteiger partial charge < -0.3 is 10.6 Å². The second-order valence-electron chi connectivity index (χ2n) is 5.17. The van der Waals surface area contributed by atoms with Crippen LogP contribution in [0, 0.1) is 5.92 Å². The number of urea groups is 1. The molecule has 21 heavy (non-hydrogen) atoms. The molecule has 1 atom stereocenters. The molecule has 1 aromatic carbocycles. The molecule has 1 heterocycles. The lowest BCUT2D eigenvalue weighted by atomic mass is 10.1. The number of benzene rings is 1. The standard InChI is InChI=1S/C15H20N2O3S/c18-15(17-11-14-8-10-21(19,20)12-14)16-9-4-7-13-5-2-1-3-6-13/h1-7,14H,8-12H2,(H2,16,17,18)/b7-4+/t14-/m0/s1. The van der Waals surface area contributed by atoms with Crippen LogP contribution in [0.25, 0.3) is 6.08 Å². The predicted octanol–water partition coefficient (Wildman–Crippen LogP) is 1.43. The van der Waals surface area contributed by atoms with Crippen LogP contribution in [0.2, 0.25) is 0 Å². The highest BCUT2D eigenvalue weighted by molar-refractivity contribution is 7.91. The zero-order valence-electron chi connectivity index (χ0n) is 11.8. The van der Waals surface area contributed by atoms with Crippen LogP contribution in [0.4, 0.5) is 4.79 Å². The highest BCUT2D eigenvalue weighted by Crippen LogP contribution is 2.17. The van der Waals surface area contributed by atoms with Crippen molar-refractivity contribution in [1.82, 2.24) is 10.6 Å². The number of nitrogens with one attached hydrogen (secondary N) is 2. The highest BCUT2D eigenvalue weighted by Gasteiger charge is 2.27. The van der Waals surface area contributed by atoms with Gasteiger partial charge in [0, 0.05) is 13.1 Å². The van der Waals surface area contributed by atoms with Gasteiger partial charge in [-0.25, -0.2) is 13.2 Å². The number of carbonyl (C=O) groups excluding carboxylic acids is 1. The van der Waals surface area contributed by atoms with Gasteiger partial charge in [-0.2, -0.15) is 0 Å². The molecule has 0 aromatic heterocycles. The molecular weight excluding hydrogens is 288 g/mol. The van der Waals surface area contributed by atoms with E-state index in [0.717, 1.165) is 5.56 Å². The summed E-state index contributed by atoms with van der Waals surface area (Å²) < 4.78 is 22.6. The van der Waals surface area contributed by atoms with Gasteiger partial charge in [0.05, 0.1) is 11.5 Å². The number of hydrogen-bond donors (Lipinski definition) is 2. The van der Waals surface area contributed by atoms with Crippen molar-refractivity contribution in [2.75, 3.05) is 24.6 Å². The van der Waals surface area contributed by atoms with Gasteiger partial charge in [0.1, 0.15) is 0 Å². The molecule has 1 aromatic rings. The molecule has 1 aliphatic rings. The van der Waals surface area contributed by atoms with E-state index >= 15 is 0 Å². The van der Waals surface area contributed by atoms with Crippen molar-refractivity contribution in [2.45, 2.75) is 6.42 Å². The van der Waals surface area contributed by atoms with E-state index in [1.807, 2.05) is 42.5 Å². The number of rotatable bonds is 5. The molecule has 1 saturated heterocycles. The molecule has 0 spiro atoms. The Labute approximate surface area is 125 Å². The summed E-state index contributed by atoms with van der Waals surface area (Å²) >= 11 is 0. The first-order valence-corrected chi connectivity index (χ1v) is 8.81. The maximum atomic E-state index is 11.6. The van der Waals surface area contributed by atoms with Gasteiger partial charge in [-0.05, 0) is 17.9 Å². The van der Waals surface area contributed by atoms with E-state index in [9.17, 15) is 13.2 Å². The maximum absolute atomic E-state index is 11.6. The van der Waals surface area contributed by atoms with Crippen molar-refractivity contribution in [3.05, 3.63) is 42.0 Å². The zero-order chi connectivity index (χ0) is 15.1. The fourth-order valence-electron chi connectivity index (χ4n) is 2.24. The van der Waals surface area contributed by atoms with Crippen LogP contribution < -0.4 is 10.6 Å². The summed E-state index contributed by atoms with van der Waals surface area (Å²) in [6.07, 6.45) is 4.44. The van der Waals surface area contributed by atoms with Crippen molar-refractivity contribution in [1.29, 1.82) is 0 Å². The molecule has 2 rings (SSSR count). The van der Waals surface area contributed by atoms with Crippen molar-refractivity contribution < 1.29 is 13.2 Å². The first-order chi connectivity index (χ1) is 10.1. The minimum Gasteiger partial charge on any atom is -0.338 e. The van der Waals surface area contributed by atoms with Crippen LogP contribution in [0.5, 0.6) is 0 Å². The average molecular weight is 308 g/mol. The first kappa shape index (κ1) is 15.6. The third kappa shape index (κ3) is 5.59. The van der Waals surface area contributed by atoms with E-state index < -0.39 is 9.84 Å². The summed E-state index contributed by atoms with van der Waals surface area (Å²) in [4.78, 5) is 11.6. The first-order valence-electron chi connectivity index (χ1n) is 6.99. The number of sulfone groups is 1. The molecule has 0 unspecified atom stereocenters. The number of hydrogen-bond acceptors (Lipinski definition) is 3. The normalized spacial score (nSPS) is 20.5. The van der Waals surface area contributed by atoms with Crippen molar-refractivity contribution in [3.63, 3.8) is 0 Å². The molecule has 114 valence electrons. The fourth-order valence-corrected chi connectivity index (χ4v) is 4.11. The van der Waals surface area contributed by atoms with Gasteiger partial charge >= 0.3 is 6.03 Å². The molecule has 0 aliphatic carbocycles. The highest BCUT2D eigenvalue weighted by atomic mass is 32.2. The van der Waals surface area contributed by atoms with Gasteiger partial charge in [0.25, 0.3) is 0 Å². The lowest BCUT2D eigenvalue weighted by molar-refractivity contribution is 0.240. The molecule has 0 bridgehead atoms. The van der Waals surface area contributed by atoms with E-state index in [-0.39, 0.29) is 23.5 Å². The zero-order valence-corrected chi connectivity index (χ0v) is 12.6. The predicted molar refractivity (Wildman–Crippen MR) is 83.6 cm³/mol. The Hall–Kier alpha value is -1.82. The van der Waals surface area contributed by atoms with Crippen LogP contribution in [0.1, 0.15) is 12.0 Å². The quantitative estimate of drug-likeness (QED) is 0.864. The Morgan fingerprint density at radius 2 is 2.00 bits per heavy atom. The summed E-state index contributed by atoms with van der Waals surface area (Å²) in [7, 11) is -2.88. The largest absolute Gasteiger partial charge is 0.338 e. The van der Waals surface area contributed by atoms with Crippen LogP contribution >= 0.6 is 0 Å². The van der Waals surface area contributed by atoms with E-state index in [1.54, 1.807) is 0 Å². The molecule has 1 fully saturated rings.